The smallest absolute Gasteiger partial charge is 0.342 e. The molecule has 1 aromatic heterocycles. The number of carbonyl (C=O) groups excluding carboxylic acids is 2. The highest BCUT2D eigenvalue weighted by atomic mass is 79.9. The van der Waals surface area contributed by atoms with E-state index in [0.717, 1.165) is 0 Å². The summed E-state index contributed by atoms with van der Waals surface area (Å²) in [5.41, 5.74) is 0.637. The highest BCUT2D eigenvalue weighted by Crippen LogP contribution is 2.41. The van der Waals surface area contributed by atoms with E-state index in [1.165, 1.54) is 14.0 Å². The molecule has 1 heterocycles. The Labute approximate surface area is 135 Å². The number of benzene rings is 1. The Morgan fingerprint density at radius 2 is 2.05 bits per heavy atom. The minimum absolute atomic E-state index is 0.145. The molecule has 0 unspecified atom stereocenters. The second kappa shape index (κ2) is 6.83. The first-order valence-corrected chi connectivity index (χ1v) is 7.69. The number of alkyl halides is 1. The summed E-state index contributed by atoms with van der Waals surface area (Å²) < 4.78 is 21.2. The van der Waals surface area contributed by atoms with Crippen molar-refractivity contribution >= 4 is 38.8 Å². The third kappa shape index (κ3) is 2.94. The Hall–Kier alpha value is -2.02. The summed E-state index contributed by atoms with van der Waals surface area (Å²) in [5, 5.41) is 0.680. The van der Waals surface area contributed by atoms with Crippen molar-refractivity contribution < 1.29 is 28.2 Å². The van der Waals surface area contributed by atoms with Crippen LogP contribution in [-0.4, -0.2) is 25.7 Å². The SMILES string of the molecule is CCOC(=O)c1c(CBr)oc2ccc(OC)c(OC(C)=O)c12. The van der Waals surface area contributed by atoms with Gasteiger partial charge in [0.2, 0.25) is 0 Å². The second-order valence-corrected chi connectivity index (χ2v) is 4.88. The molecule has 0 bridgehead atoms. The maximum Gasteiger partial charge on any atom is 0.342 e. The first-order valence-electron chi connectivity index (χ1n) is 6.57. The molecule has 0 aliphatic rings. The number of furan rings is 1. The Morgan fingerprint density at radius 1 is 1.32 bits per heavy atom. The average molecular weight is 371 g/mol. The van der Waals surface area contributed by atoms with Crippen molar-refractivity contribution in [2.75, 3.05) is 13.7 Å². The van der Waals surface area contributed by atoms with Crippen molar-refractivity contribution in [3.8, 4) is 11.5 Å². The molecule has 118 valence electrons. The highest BCUT2D eigenvalue weighted by molar-refractivity contribution is 9.08. The van der Waals surface area contributed by atoms with Crippen LogP contribution < -0.4 is 9.47 Å². The fourth-order valence-corrected chi connectivity index (χ4v) is 2.50. The first kappa shape index (κ1) is 16.4. The van der Waals surface area contributed by atoms with Crippen LogP contribution in [0.4, 0.5) is 0 Å². The van der Waals surface area contributed by atoms with Gasteiger partial charge in [0.05, 0.1) is 24.4 Å². The third-order valence-electron chi connectivity index (χ3n) is 2.91. The Balaban J connectivity index is 2.79. The van der Waals surface area contributed by atoms with E-state index in [0.29, 0.717) is 27.8 Å². The van der Waals surface area contributed by atoms with Crippen molar-refractivity contribution in [2.24, 2.45) is 0 Å². The van der Waals surface area contributed by atoms with Gasteiger partial charge in [0.15, 0.2) is 11.5 Å². The second-order valence-electron chi connectivity index (χ2n) is 4.32. The molecular weight excluding hydrogens is 356 g/mol. The quantitative estimate of drug-likeness (QED) is 0.455. The van der Waals surface area contributed by atoms with Gasteiger partial charge in [-0.3, -0.25) is 4.79 Å². The third-order valence-corrected chi connectivity index (χ3v) is 3.42. The molecule has 0 amide bonds. The van der Waals surface area contributed by atoms with Gasteiger partial charge in [-0.1, -0.05) is 15.9 Å². The Bertz CT molecular complexity index is 718. The van der Waals surface area contributed by atoms with Crippen LogP contribution in [0, 0.1) is 0 Å². The lowest BCUT2D eigenvalue weighted by atomic mass is 10.1. The van der Waals surface area contributed by atoms with Gasteiger partial charge in [0, 0.05) is 6.92 Å². The fourth-order valence-electron chi connectivity index (χ4n) is 2.11. The van der Waals surface area contributed by atoms with Crippen LogP contribution in [0.5, 0.6) is 11.5 Å². The maximum absolute atomic E-state index is 12.3. The van der Waals surface area contributed by atoms with Gasteiger partial charge in [0.1, 0.15) is 16.9 Å². The van der Waals surface area contributed by atoms with E-state index in [2.05, 4.69) is 15.9 Å². The highest BCUT2D eigenvalue weighted by Gasteiger charge is 2.27. The number of ether oxygens (including phenoxy) is 3. The van der Waals surface area contributed by atoms with E-state index in [1.54, 1.807) is 19.1 Å². The van der Waals surface area contributed by atoms with E-state index >= 15 is 0 Å². The number of carbonyl (C=O) groups is 2. The number of halogens is 1. The van der Waals surface area contributed by atoms with Crippen molar-refractivity contribution in [1.29, 1.82) is 0 Å². The van der Waals surface area contributed by atoms with Crippen LogP contribution in [0.1, 0.15) is 30.0 Å². The van der Waals surface area contributed by atoms with Gasteiger partial charge in [-0.05, 0) is 19.1 Å². The van der Waals surface area contributed by atoms with Crippen LogP contribution in [0.2, 0.25) is 0 Å². The monoisotopic (exact) mass is 370 g/mol. The normalized spacial score (nSPS) is 10.5. The zero-order valence-electron chi connectivity index (χ0n) is 12.4. The Kier molecular flexibility index (Phi) is 5.07. The lowest BCUT2D eigenvalue weighted by molar-refractivity contribution is -0.131. The van der Waals surface area contributed by atoms with Crippen molar-refractivity contribution in [2.45, 2.75) is 19.2 Å². The van der Waals surface area contributed by atoms with E-state index in [-0.39, 0.29) is 17.9 Å². The summed E-state index contributed by atoms with van der Waals surface area (Å²) in [5.74, 6) is -0.198. The van der Waals surface area contributed by atoms with Crippen LogP contribution in [0.15, 0.2) is 16.5 Å². The molecule has 1 aromatic carbocycles. The van der Waals surface area contributed by atoms with Gasteiger partial charge >= 0.3 is 11.9 Å². The molecule has 0 atom stereocenters. The first-order chi connectivity index (χ1) is 10.5. The van der Waals surface area contributed by atoms with E-state index in [4.69, 9.17) is 18.6 Å². The number of fused-ring (bicyclic) bond motifs is 1. The molecule has 0 radical (unpaired) electrons. The fraction of sp³-hybridized carbons (Fsp3) is 0.333. The zero-order chi connectivity index (χ0) is 16.3. The van der Waals surface area contributed by atoms with Gasteiger partial charge in [-0.2, -0.15) is 0 Å². The summed E-state index contributed by atoms with van der Waals surface area (Å²) in [4.78, 5) is 23.6. The number of hydrogen-bond donors (Lipinski definition) is 0. The largest absolute Gasteiger partial charge is 0.493 e. The average Bonchev–Trinajstić information content (AvgIpc) is 2.86. The Morgan fingerprint density at radius 3 is 2.59 bits per heavy atom. The van der Waals surface area contributed by atoms with Crippen LogP contribution >= 0.6 is 15.9 Å². The number of esters is 2. The number of rotatable bonds is 5. The standard InChI is InChI=1S/C15H15BrO6/c1-4-20-15(18)13-11(7-16)22-9-5-6-10(19-3)14(12(9)13)21-8(2)17/h5-6H,4,7H2,1-3H3. The van der Waals surface area contributed by atoms with E-state index in [9.17, 15) is 9.59 Å². The summed E-state index contributed by atoms with van der Waals surface area (Å²) >= 11 is 3.28. The molecule has 0 aliphatic heterocycles. The summed E-state index contributed by atoms with van der Waals surface area (Å²) in [6, 6.07) is 3.26. The molecule has 0 N–H and O–H groups in total. The van der Waals surface area contributed by atoms with Crippen molar-refractivity contribution in [3.05, 3.63) is 23.5 Å². The van der Waals surface area contributed by atoms with Crippen LogP contribution in [-0.2, 0) is 14.9 Å². The van der Waals surface area contributed by atoms with Crippen LogP contribution in [0.25, 0.3) is 11.0 Å². The number of hydrogen-bond acceptors (Lipinski definition) is 6. The summed E-state index contributed by atoms with van der Waals surface area (Å²) in [7, 11) is 1.45. The molecular formula is C15H15BrO6. The topological polar surface area (TPSA) is 75.0 Å². The lowest BCUT2D eigenvalue weighted by Crippen LogP contribution is -2.08. The predicted octanol–water partition coefficient (Wildman–Crippen LogP) is 3.44. The van der Waals surface area contributed by atoms with Gasteiger partial charge in [0.25, 0.3) is 0 Å². The van der Waals surface area contributed by atoms with Gasteiger partial charge < -0.3 is 18.6 Å². The molecule has 0 fully saturated rings. The molecule has 0 saturated heterocycles. The molecule has 0 saturated carbocycles. The molecule has 0 spiro atoms. The van der Waals surface area contributed by atoms with Crippen LogP contribution in [0.3, 0.4) is 0 Å². The van der Waals surface area contributed by atoms with Crippen molar-refractivity contribution in [1.82, 2.24) is 0 Å². The lowest BCUT2D eigenvalue weighted by Gasteiger charge is -2.09. The molecule has 7 heteroatoms. The van der Waals surface area contributed by atoms with Gasteiger partial charge in [-0.25, -0.2) is 4.79 Å². The predicted molar refractivity (Wildman–Crippen MR) is 82.7 cm³/mol. The zero-order valence-corrected chi connectivity index (χ0v) is 14.0. The minimum atomic E-state index is -0.544. The molecule has 2 rings (SSSR count). The maximum atomic E-state index is 12.3. The molecule has 22 heavy (non-hydrogen) atoms. The summed E-state index contributed by atoms with van der Waals surface area (Å²) in [6.45, 7) is 3.20. The van der Waals surface area contributed by atoms with Crippen molar-refractivity contribution in [3.63, 3.8) is 0 Å². The summed E-state index contributed by atoms with van der Waals surface area (Å²) in [6.07, 6.45) is 0. The molecule has 2 aromatic rings. The van der Waals surface area contributed by atoms with Gasteiger partial charge in [-0.15, -0.1) is 0 Å². The minimum Gasteiger partial charge on any atom is -0.493 e. The van der Waals surface area contributed by atoms with E-state index in [1.807, 2.05) is 0 Å². The van der Waals surface area contributed by atoms with E-state index < -0.39 is 11.9 Å². The molecule has 6 nitrogen and oxygen atoms in total. The number of methoxy groups -OCH3 is 1. The molecule has 0 aliphatic carbocycles.